The zero-order valence-corrected chi connectivity index (χ0v) is 12.5. The van der Waals surface area contributed by atoms with Crippen molar-refractivity contribution in [2.24, 2.45) is 0 Å². The molecule has 0 fully saturated rings. The summed E-state index contributed by atoms with van der Waals surface area (Å²) in [6.45, 7) is 0. The van der Waals surface area contributed by atoms with Crippen LogP contribution in [0.5, 0.6) is 0 Å². The van der Waals surface area contributed by atoms with Gasteiger partial charge in [-0.05, 0) is 47.5 Å². The molecule has 0 aliphatic carbocycles. The molecule has 0 amide bonds. The van der Waals surface area contributed by atoms with Crippen molar-refractivity contribution in [2.75, 3.05) is 0 Å². The van der Waals surface area contributed by atoms with Crippen molar-refractivity contribution < 1.29 is 0 Å². The lowest BCUT2D eigenvalue weighted by atomic mass is 10.1. The summed E-state index contributed by atoms with van der Waals surface area (Å²) < 4.78 is 0. The second kappa shape index (κ2) is 6.12. The van der Waals surface area contributed by atoms with Crippen LogP contribution in [0, 0.1) is 0 Å². The summed E-state index contributed by atoms with van der Waals surface area (Å²) in [7, 11) is 0. The molecule has 97 valence electrons. The molecule has 0 bridgehead atoms. The van der Waals surface area contributed by atoms with E-state index in [1.807, 2.05) is 18.2 Å². The average molecular weight is 293 g/mol. The highest BCUT2D eigenvalue weighted by Crippen LogP contribution is 2.29. The summed E-state index contributed by atoms with van der Waals surface area (Å²) in [4.78, 5) is 3.39. The van der Waals surface area contributed by atoms with Crippen LogP contribution in [0.4, 0.5) is 0 Å². The Morgan fingerprint density at radius 1 is 0.550 bits per heavy atom. The van der Waals surface area contributed by atoms with Crippen LogP contribution in [0.25, 0.3) is 11.1 Å². The van der Waals surface area contributed by atoms with Gasteiger partial charge in [-0.15, -0.1) is 0 Å². The first kappa shape index (κ1) is 13.2. The summed E-state index contributed by atoms with van der Waals surface area (Å²) in [5, 5.41) is 0. The van der Waals surface area contributed by atoms with E-state index in [1.54, 1.807) is 11.8 Å². The molecule has 0 nitrogen and oxygen atoms in total. The van der Waals surface area contributed by atoms with Crippen molar-refractivity contribution in [3.05, 3.63) is 78.9 Å². The molecule has 0 aromatic heterocycles. The van der Waals surface area contributed by atoms with Crippen LogP contribution in [-0.4, -0.2) is 0 Å². The van der Waals surface area contributed by atoms with Crippen molar-refractivity contribution in [1.82, 2.24) is 0 Å². The number of rotatable bonds is 3. The van der Waals surface area contributed by atoms with Gasteiger partial charge in [0.1, 0.15) is 0 Å². The van der Waals surface area contributed by atoms with E-state index in [2.05, 4.69) is 60.7 Å². The van der Waals surface area contributed by atoms with Crippen molar-refractivity contribution in [3.8, 4) is 11.1 Å². The molecule has 3 aromatic rings. The molecule has 0 saturated heterocycles. The van der Waals surface area contributed by atoms with Crippen LogP contribution in [0.3, 0.4) is 0 Å². The van der Waals surface area contributed by atoms with Crippen molar-refractivity contribution in [1.29, 1.82) is 0 Å². The van der Waals surface area contributed by atoms with Crippen LogP contribution in [0.15, 0.2) is 93.5 Å². The predicted molar refractivity (Wildman–Crippen MR) is 88.3 cm³/mol. The Labute approximate surface area is 129 Å². The Bertz CT molecular complexity index is 671. The van der Waals surface area contributed by atoms with Crippen molar-refractivity contribution >= 4 is 24.4 Å². The fraction of sp³-hybridized carbons (Fsp3) is 0. The molecule has 0 unspecified atom stereocenters. The molecule has 20 heavy (non-hydrogen) atoms. The number of hydrogen-bond acceptors (Lipinski definition) is 1. The van der Waals surface area contributed by atoms with E-state index in [0.29, 0.717) is 0 Å². The van der Waals surface area contributed by atoms with Gasteiger partial charge >= 0.3 is 0 Å². The van der Waals surface area contributed by atoms with E-state index in [1.165, 1.54) is 20.9 Å². The van der Waals surface area contributed by atoms with E-state index in [-0.39, 0.29) is 0 Å². The van der Waals surface area contributed by atoms with Gasteiger partial charge in [-0.25, -0.2) is 0 Å². The van der Waals surface area contributed by atoms with E-state index in [0.717, 1.165) is 4.90 Å². The fourth-order valence-electron chi connectivity index (χ4n) is 1.99. The third-order valence-electron chi connectivity index (χ3n) is 3.02. The SMILES string of the molecule is [S]c1ccc(-c2ccc(Sc3ccccc3)cc2)cc1. The van der Waals surface area contributed by atoms with Crippen molar-refractivity contribution in [3.63, 3.8) is 0 Å². The minimum Gasteiger partial charge on any atom is -0.0901 e. The van der Waals surface area contributed by atoms with Crippen LogP contribution in [0.2, 0.25) is 0 Å². The molecule has 2 heteroatoms. The minimum absolute atomic E-state index is 0.880. The maximum absolute atomic E-state index is 5.11. The van der Waals surface area contributed by atoms with E-state index < -0.39 is 0 Å². The topological polar surface area (TPSA) is 0 Å². The summed E-state index contributed by atoms with van der Waals surface area (Å²) in [5.41, 5.74) is 2.42. The molecule has 1 radical (unpaired) electrons. The van der Waals surface area contributed by atoms with Crippen LogP contribution >= 0.6 is 24.4 Å². The van der Waals surface area contributed by atoms with Gasteiger partial charge in [-0.1, -0.05) is 66.9 Å². The van der Waals surface area contributed by atoms with Crippen LogP contribution < -0.4 is 0 Å². The zero-order chi connectivity index (χ0) is 13.8. The molecule has 0 atom stereocenters. The van der Waals surface area contributed by atoms with Gasteiger partial charge in [0, 0.05) is 14.7 Å². The molecule has 0 aliphatic rings. The maximum atomic E-state index is 5.11. The van der Waals surface area contributed by atoms with Gasteiger partial charge in [0.15, 0.2) is 0 Å². The molecule has 0 heterocycles. The lowest BCUT2D eigenvalue weighted by Crippen LogP contribution is -1.78. The third-order valence-corrected chi connectivity index (χ3v) is 4.31. The maximum Gasteiger partial charge on any atom is 0.0377 e. The highest BCUT2D eigenvalue weighted by atomic mass is 32.2. The van der Waals surface area contributed by atoms with Gasteiger partial charge < -0.3 is 0 Å². The molecule has 0 spiro atoms. The highest BCUT2D eigenvalue weighted by molar-refractivity contribution is 7.99. The molecular weight excluding hydrogens is 280 g/mol. The minimum atomic E-state index is 0.880. The number of benzene rings is 3. The lowest BCUT2D eigenvalue weighted by molar-refractivity contribution is 1.40. The van der Waals surface area contributed by atoms with Crippen LogP contribution in [0.1, 0.15) is 0 Å². The Balaban J connectivity index is 1.79. The zero-order valence-electron chi connectivity index (χ0n) is 10.8. The summed E-state index contributed by atoms with van der Waals surface area (Å²) in [5.74, 6) is 0. The van der Waals surface area contributed by atoms with Crippen LogP contribution in [-0.2, 0) is 0 Å². The molecule has 3 rings (SSSR count). The van der Waals surface area contributed by atoms with Gasteiger partial charge in [0.05, 0.1) is 0 Å². The first-order valence-corrected chi connectivity index (χ1v) is 7.64. The molecule has 0 saturated carbocycles. The molecule has 0 aliphatic heterocycles. The van der Waals surface area contributed by atoms with Gasteiger partial charge in [-0.2, -0.15) is 0 Å². The Hall–Kier alpha value is -1.77. The first-order valence-electron chi connectivity index (χ1n) is 6.42. The molecule has 0 N–H and O–H groups in total. The monoisotopic (exact) mass is 293 g/mol. The smallest absolute Gasteiger partial charge is 0.0377 e. The average Bonchev–Trinajstić information content (AvgIpc) is 2.50. The van der Waals surface area contributed by atoms with Crippen molar-refractivity contribution in [2.45, 2.75) is 14.7 Å². The summed E-state index contributed by atoms with van der Waals surface area (Å²) in [6.07, 6.45) is 0. The second-order valence-corrected chi connectivity index (χ2v) is 6.08. The van der Waals surface area contributed by atoms with Gasteiger partial charge in [0.25, 0.3) is 0 Å². The first-order chi connectivity index (χ1) is 9.81. The summed E-state index contributed by atoms with van der Waals surface area (Å²) in [6, 6.07) is 27.1. The van der Waals surface area contributed by atoms with Gasteiger partial charge in [-0.3, -0.25) is 0 Å². The Morgan fingerprint density at radius 3 is 1.65 bits per heavy atom. The quantitative estimate of drug-likeness (QED) is 0.565. The van der Waals surface area contributed by atoms with E-state index in [9.17, 15) is 0 Å². The number of hydrogen-bond donors (Lipinski definition) is 0. The third kappa shape index (κ3) is 3.21. The summed E-state index contributed by atoms with van der Waals surface area (Å²) >= 11 is 6.89. The normalized spacial score (nSPS) is 10.4. The van der Waals surface area contributed by atoms with E-state index in [4.69, 9.17) is 12.6 Å². The fourth-order valence-corrected chi connectivity index (χ4v) is 2.96. The highest BCUT2D eigenvalue weighted by Gasteiger charge is 2.00. The Morgan fingerprint density at radius 2 is 1.05 bits per heavy atom. The second-order valence-electron chi connectivity index (χ2n) is 4.46. The molecular formula is C18H13S2. The van der Waals surface area contributed by atoms with E-state index >= 15 is 0 Å². The largest absolute Gasteiger partial charge is 0.0901 e. The standard InChI is InChI=1S/C18H13S2/c19-16-10-6-14(7-11-16)15-8-12-18(13-9-15)20-17-4-2-1-3-5-17/h1-13H. The Kier molecular flexibility index (Phi) is 4.05. The molecule has 3 aromatic carbocycles. The predicted octanol–water partition coefficient (Wildman–Crippen LogP) is 6.06. The lowest BCUT2D eigenvalue weighted by Gasteiger charge is -2.05. The van der Waals surface area contributed by atoms with Gasteiger partial charge in [0.2, 0.25) is 0 Å².